The van der Waals surface area contributed by atoms with E-state index in [9.17, 15) is 22.0 Å². The molecule has 63 valence electrons. The van der Waals surface area contributed by atoms with Crippen LogP contribution in [0.2, 0.25) is 0 Å². The SMILES string of the molecule is [B-]c1c(F)c(F)c(F)c(F)c1F.[K+]. The topological polar surface area (TPSA) is 0 Å². The molecule has 0 aliphatic heterocycles. The molecular formula is C6BF5K. The monoisotopic (exact) mass is 217 g/mol. The fraction of sp³-hybridized carbons (Fsp3) is 0. The Balaban J connectivity index is 0.00000144. The molecule has 0 aliphatic carbocycles. The van der Waals surface area contributed by atoms with Gasteiger partial charge in [-0.2, -0.15) is 0 Å². The second-order valence-electron chi connectivity index (χ2n) is 1.98. The molecule has 0 nitrogen and oxygen atoms in total. The largest absolute Gasteiger partial charge is 1.00 e. The Labute approximate surface area is 114 Å². The Bertz CT molecular complexity index is 235. The van der Waals surface area contributed by atoms with Gasteiger partial charge in [-0.15, -0.1) is 0 Å². The maximum Gasteiger partial charge on any atom is 1.00 e. The van der Waals surface area contributed by atoms with Crippen molar-refractivity contribution in [2.45, 2.75) is 0 Å². The number of hydrogen-bond donors (Lipinski definition) is 0. The van der Waals surface area contributed by atoms with E-state index in [2.05, 4.69) is 7.85 Å². The van der Waals surface area contributed by atoms with E-state index in [1.807, 2.05) is 0 Å². The van der Waals surface area contributed by atoms with Crippen LogP contribution in [-0.4, -0.2) is 7.85 Å². The Kier molecular flexibility index (Phi) is 5.09. The van der Waals surface area contributed by atoms with Gasteiger partial charge < -0.3 is 7.85 Å². The molecule has 1 aromatic carbocycles. The fourth-order valence-electron chi connectivity index (χ4n) is 0.622. The van der Waals surface area contributed by atoms with Gasteiger partial charge in [0.05, 0.1) is 0 Å². The maximum atomic E-state index is 12.3. The Morgan fingerprint density at radius 1 is 0.615 bits per heavy atom. The van der Waals surface area contributed by atoms with E-state index in [0.717, 1.165) is 0 Å². The van der Waals surface area contributed by atoms with Crippen LogP contribution in [0.5, 0.6) is 0 Å². The van der Waals surface area contributed by atoms with Crippen molar-refractivity contribution in [1.82, 2.24) is 0 Å². The maximum absolute atomic E-state index is 12.3. The van der Waals surface area contributed by atoms with Crippen molar-refractivity contribution < 1.29 is 73.3 Å². The average Bonchev–Trinajstić information content (AvgIpc) is 2.08. The van der Waals surface area contributed by atoms with Gasteiger partial charge in [-0.05, 0) is 0 Å². The summed E-state index contributed by atoms with van der Waals surface area (Å²) in [5.74, 6) is -10.3. The Morgan fingerprint density at radius 2 is 0.846 bits per heavy atom. The van der Waals surface area contributed by atoms with E-state index in [4.69, 9.17) is 0 Å². The van der Waals surface area contributed by atoms with Crippen molar-refractivity contribution >= 4 is 13.3 Å². The number of hydrogen-bond acceptors (Lipinski definition) is 0. The molecule has 13 heavy (non-hydrogen) atoms. The minimum atomic E-state index is -2.21. The molecule has 0 saturated heterocycles. The first-order valence-electron chi connectivity index (χ1n) is 2.73. The normalized spacial score (nSPS) is 9.69. The smallest absolute Gasteiger partial charge is 0.572 e. The average molecular weight is 217 g/mol. The van der Waals surface area contributed by atoms with E-state index in [1.165, 1.54) is 0 Å². The summed E-state index contributed by atoms with van der Waals surface area (Å²) in [6, 6.07) is 0. The standard InChI is InChI=1S/C6BF5.K/c7-1-2(8)4(10)6(12)5(11)3(1)9;/q-1;+1. The van der Waals surface area contributed by atoms with Crippen molar-refractivity contribution in [3.05, 3.63) is 29.1 Å². The third-order valence-electron chi connectivity index (χ3n) is 1.24. The summed E-state index contributed by atoms with van der Waals surface area (Å²) >= 11 is 0. The zero-order chi connectivity index (χ0) is 9.46. The minimum Gasteiger partial charge on any atom is -0.572 e. The second-order valence-corrected chi connectivity index (χ2v) is 1.98. The fourth-order valence-corrected chi connectivity index (χ4v) is 0.622. The van der Waals surface area contributed by atoms with Crippen LogP contribution in [0.1, 0.15) is 0 Å². The van der Waals surface area contributed by atoms with Crippen molar-refractivity contribution in [2.24, 2.45) is 0 Å². The molecule has 7 heteroatoms. The van der Waals surface area contributed by atoms with Crippen LogP contribution in [0.4, 0.5) is 22.0 Å². The van der Waals surface area contributed by atoms with E-state index in [1.54, 1.807) is 0 Å². The van der Waals surface area contributed by atoms with Gasteiger partial charge in [0, 0.05) is 0 Å². The van der Waals surface area contributed by atoms with Gasteiger partial charge in [0.25, 0.3) is 0 Å². The van der Waals surface area contributed by atoms with Gasteiger partial charge in [-0.1, -0.05) is 0 Å². The minimum absolute atomic E-state index is 0. The van der Waals surface area contributed by atoms with E-state index in [-0.39, 0.29) is 51.4 Å². The number of halogens is 5. The van der Waals surface area contributed by atoms with E-state index in [0.29, 0.717) is 0 Å². The molecule has 0 atom stereocenters. The summed E-state index contributed by atoms with van der Waals surface area (Å²) in [5.41, 5.74) is -1.37. The number of benzene rings is 1. The Morgan fingerprint density at radius 3 is 1.15 bits per heavy atom. The molecule has 0 aliphatic rings. The van der Waals surface area contributed by atoms with E-state index < -0.39 is 34.5 Å². The van der Waals surface area contributed by atoms with Crippen LogP contribution in [0, 0.1) is 29.1 Å². The van der Waals surface area contributed by atoms with Gasteiger partial charge in [-0.3, -0.25) is 0 Å². The van der Waals surface area contributed by atoms with Crippen LogP contribution in [0.3, 0.4) is 0 Å². The molecule has 3 radical (unpaired) electrons. The quantitative estimate of drug-likeness (QED) is 0.208. The second kappa shape index (κ2) is 4.88. The third-order valence-corrected chi connectivity index (χ3v) is 1.24. The molecule has 0 heterocycles. The van der Waals surface area contributed by atoms with E-state index >= 15 is 0 Å². The van der Waals surface area contributed by atoms with Crippen molar-refractivity contribution in [3.63, 3.8) is 0 Å². The van der Waals surface area contributed by atoms with Crippen LogP contribution < -0.4 is 56.8 Å². The van der Waals surface area contributed by atoms with Crippen molar-refractivity contribution in [1.29, 1.82) is 0 Å². The zero-order valence-electron chi connectivity index (χ0n) is 6.47. The molecule has 0 bridgehead atoms. The van der Waals surface area contributed by atoms with Crippen molar-refractivity contribution in [2.75, 3.05) is 0 Å². The van der Waals surface area contributed by atoms with Gasteiger partial charge in [0.15, 0.2) is 17.5 Å². The summed E-state index contributed by atoms with van der Waals surface area (Å²) in [4.78, 5) is 0. The predicted molar refractivity (Wildman–Crippen MR) is 31.6 cm³/mol. The molecule has 0 amide bonds. The first kappa shape index (κ1) is 13.6. The van der Waals surface area contributed by atoms with Crippen LogP contribution in [0.15, 0.2) is 0 Å². The molecule has 0 N–H and O–H groups in total. The molecule has 0 unspecified atom stereocenters. The summed E-state index contributed by atoms with van der Waals surface area (Å²) in [6.45, 7) is 0. The van der Waals surface area contributed by atoms with Gasteiger partial charge in [-0.25, -0.2) is 27.4 Å². The third kappa shape index (κ3) is 2.33. The summed E-state index contributed by atoms with van der Waals surface area (Å²) < 4.78 is 61.1. The molecule has 0 saturated carbocycles. The molecular weight excluding hydrogens is 217 g/mol. The summed E-state index contributed by atoms with van der Waals surface area (Å²) in [7, 11) is 4.56. The number of rotatable bonds is 0. The van der Waals surface area contributed by atoms with Crippen LogP contribution >= 0.6 is 0 Å². The van der Waals surface area contributed by atoms with Gasteiger partial charge in [0.1, 0.15) is 11.6 Å². The molecule has 1 rings (SSSR count). The van der Waals surface area contributed by atoms with Gasteiger partial charge in [0.2, 0.25) is 0 Å². The molecule has 0 fully saturated rings. The van der Waals surface area contributed by atoms with Crippen LogP contribution in [0.25, 0.3) is 0 Å². The summed E-state index contributed by atoms with van der Waals surface area (Å²) in [6.07, 6.45) is 0. The first-order valence-corrected chi connectivity index (χ1v) is 2.73. The van der Waals surface area contributed by atoms with Gasteiger partial charge >= 0.3 is 51.4 Å². The molecule has 0 spiro atoms. The first-order chi connectivity index (χ1) is 5.46. The summed E-state index contributed by atoms with van der Waals surface area (Å²) in [5, 5.41) is 0. The predicted octanol–water partition coefficient (Wildman–Crippen LogP) is -1.82. The zero-order valence-corrected chi connectivity index (χ0v) is 9.59. The van der Waals surface area contributed by atoms with Crippen LogP contribution in [-0.2, 0) is 0 Å². The molecule has 1 aromatic rings. The Hall–Kier alpha value is 0.571. The molecule has 0 aromatic heterocycles. The van der Waals surface area contributed by atoms with Crippen molar-refractivity contribution in [3.8, 4) is 0 Å².